The van der Waals surface area contributed by atoms with Crippen LogP contribution < -0.4 is 10.0 Å². The van der Waals surface area contributed by atoms with Crippen molar-refractivity contribution in [2.75, 3.05) is 39.3 Å². The number of aryl methyl sites for hydroxylation is 1. The van der Waals surface area contributed by atoms with Crippen molar-refractivity contribution in [1.82, 2.24) is 14.9 Å². The minimum absolute atomic E-state index is 0.273. The number of sulfonamides is 1. The summed E-state index contributed by atoms with van der Waals surface area (Å²) in [4.78, 5) is 2.02. The van der Waals surface area contributed by atoms with Gasteiger partial charge in [-0.25, -0.2) is 17.5 Å². The molecule has 0 amide bonds. The number of piperazine rings is 1. The van der Waals surface area contributed by atoms with E-state index in [1.54, 1.807) is 13.0 Å². The summed E-state index contributed by atoms with van der Waals surface area (Å²) in [6, 6.07) is 4.09. The summed E-state index contributed by atoms with van der Waals surface area (Å²) >= 11 is 0. The molecular formula is C14H22FN3O2S. The maximum absolute atomic E-state index is 13.6. The Labute approximate surface area is 125 Å². The molecule has 21 heavy (non-hydrogen) atoms. The third-order valence-electron chi connectivity index (χ3n) is 3.53. The zero-order valence-corrected chi connectivity index (χ0v) is 13.0. The highest BCUT2D eigenvalue weighted by atomic mass is 32.2. The molecule has 0 spiro atoms. The van der Waals surface area contributed by atoms with Crippen molar-refractivity contribution in [3.05, 3.63) is 29.6 Å². The molecule has 0 unspecified atom stereocenters. The van der Waals surface area contributed by atoms with Crippen LogP contribution in [0.5, 0.6) is 0 Å². The molecule has 1 heterocycles. The molecule has 118 valence electrons. The van der Waals surface area contributed by atoms with E-state index in [1.807, 2.05) is 0 Å². The van der Waals surface area contributed by atoms with Crippen LogP contribution in [0.2, 0.25) is 0 Å². The molecule has 1 saturated heterocycles. The number of hydrogen-bond donors (Lipinski definition) is 2. The number of hydrogen-bond acceptors (Lipinski definition) is 4. The number of rotatable bonds is 6. The summed E-state index contributed by atoms with van der Waals surface area (Å²) in [5.41, 5.74) is 0.720. The third kappa shape index (κ3) is 4.74. The van der Waals surface area contributed by atoms with Gasteiger partial charge in [-0.3, -0.25) is 0 Å². The van der Waals surface area contributed by atoms with E-state index in [0.717, 1.165) is 38.3 Å². The standard InChI is InChI=1S/C14H22FN3O2S/c1-12-3-4-13(15)14(11-12)21(19,20)17-5-2-8-18-9-6-16-7-10-18/h3-4,11,16-17H,2,5-10H2,1H3. The smallest absolute Gasteiger partial charge is 0.243 e. The van der Waals surface area contributed by atoms with Crippen molar-refractivity contribution in [1.29, 1.82) is 0 Å². The summed E-state index contributed by atoms with van der Waals surface area (Å²) in [5.74, 6) is -0.713. The molecule has 1 aliphatic heterocycles. The van der Waals surface area contributed by atoms with Gasteiger partial charge in [-0.05, 0) is 37.6 Å². The lowest BCUT2D eigenvalue weighted by Gasteiger charge is -2.27. The van der Waals surface area contributed by atoms with E-state index in [4.69, 9.17) is 0 Å². The summed E-state index contributed by atoms with van der Waals surface area (Å²) in [6.45, 7) is 6.82. The van der Waals surface area contributed by atoms with E-state index in [2.05, 4.69) is 14.9 Å². The van der Waals surface area contributed by atoms with Gasteiger partial charge in [-0.15, -0.1) is 0 Å². The maximum atomic E-state index is 13.6. The molecule has 0 atom stereocenters. The largest absolute Gasteiger partial charge is 0.314 e. The topological polar surface area (TPSA) is 61.4 Å². The van der Waals surface area contributed by atoms with Crippen LogP contribution in [-0.4, -0.2) is 52.6 Å². The van der Waals surface area contributed by atoms with Crippen molar-refractivity contribution in [2.24, 2.45) is 0 Å². The van der Waals surface area contributed by atoms with Crippen LogP contribution in [-0.2, 0) is 10.0 Å². The van der Waals surface area contributed by atoms with Crippen molar-refractivity contribution in [2.45, 2.75) is 18.2 Å². The SMILES string of the molecule is Cc1ccc(F)c(S(=O)(=O)NCCCN2CCNCC2)c1. The lowest BCUT2D eigenvalue weighted by atomic mass is 10.2. The first-order chi connectivity index (χ1) is 9.99. The molecule has 1 fully saturated rings. The molecule has 2 N–H and O–H groups in total. The van der Waals surface area contributed by atoms with E-state index in [-0.39, 0.29) is 4.90 Å². The quantitative estimate of drug-likeness (QED) is 0.759. The number of nitrogens with one attached hydrogen (secondary N) is 2. The zero-order valence-electron chi connectivity index (χ0n) is 12.2. The predicted molar refractivity (Wildman–Crippen MR) is 80.3 cm³/mol. The molecule has 1 aromatic rings. The van der Waals surface area contributed by atoms with Gasteiger partial charge in [0.15, 0.2) is 0 Å². The molecule has 1 aromatic carbocycles. The van der Waals surface area contributed by atoms with Gasteiger partial charge in [-0.1, -0.05) is 6.07 Å². The average molecular weight is 315 g/mol. The first-order valence-electron chi connectivity index (χ1n) is 7.18. The van der Waals surface area contributed by atoms with Crippen LogP contribution in [0.25, 0.3) is 0 Å². The highest BCUT2D eigenvalue weighted by molar-refractivity contribution is 7.89. The van der Waals surface area contributed by atoms with Gasteiger partial charge in [0.25, 0.3) is 0 Å². The average Bonchev–Trinajstić information content (AvgIpc) is 2.47. The normalized spacial score (nSPS) is 17.0. The van der Waals surface area contributed by atoms with Gasteiger partial charge < -0.3 is 10.2 Å². The second-order valence-corrected chi connectivity index (χ2v) is 7.01. The fraction of sp³-hybridized carbons (Fsp3) is 0.571. The second-order valence-electron chi connectivity index (χ2n) is 5.28. The Morgan fingerprint density at radius 1 is 1.33 bits per heavy atom. The molecule has 0 bridgehead atoms. The molecular weight excluding hydrogens is 293 g/mol. The summed E-state index contributed by atoms with van der Waals surface area (Å²) in [7, 11) is -3.77. The van der Waals surface area contributed by atoms with E-state index in [0.29, 0.717) is 13.0 Å². The highest BCUT2D eigenvalue weighted by Gasteiger charge is 2.18. The van der Waals surface area contributed by atoms with Crippen molar-refractivity contribution in [3.8, 4) is 0 Å². The first-order valence-corrected chi connectivity index (χ1v) is 8.66. The van der Waals surface area contributed by atoms with Crippen molar-refractivity contribution < 1.29 is 12.8 Å². The van der Waals surface area contributed by atoms with Crippen LogP contribution >= 0.6 is 0 Å². The molecule has 0 aliphatic carbocycles. The van der Waals surface area contributed by atoms with Crippen molar-refractivity contribution >= 4 is 10.0 Å². The molecule has 0 aromatic heterocycles. The number of nitrogens with zero attached hydrogens (tertiary/aromatic N) is 1. The lowest BCUT2D eigenvalue weighted by molar-refractivity contribution is 0.239. The fourth-order valence-corrected chi connectivity index (χ4v) is 3.57. The highest BCUT2D eigenvalue weighted by Crippen LogP contribution is 2.15. The molecule has 2 rings (SSSR count). The van der Waals surface area contributed by atoms with Crippen LogP contribution in [0, 0.1) is 12.7 Å². The summed E-state index contributed by atoms with van der Waals surface area (Å²) in [5, 5.41) is 3.27. The van der Waals surface area contributed by atoms with E-state index in [9.17, 15) is 12.8 Å². The first kappa shape index (κ1) is 16.4. The molecule has 1 aliphatic rings. The Morgan fingerprint density at radius 2 is 2.05 bits per heavy atom. The van der Waals surface area contributed by atoms with E-state index >= 15 is 0 Å². The van der Waals surface area contributed by atoms with Gasteiger partial charge in [0.2, 0.25) is 10.0 Å². The van der Waals surface area contributed by atoms with E-state index in [1.165, 1.54) is 12.1 Å². The second kappa shape index (κ2) is 7.31. The van der Waals surface area contributed by atoms with Crippen molar-refractivity contribution in [3.63, 3.8) is 0 Å². The number of benzene rings is 1. The fourth-order valence-electron chi connectivity index (χ4n) is 2.34. The van der Waals surface area contributed by atoms with Gasteiger partial charge >= 0.3 is 0 Å². The predicted octanol–water partition coefficient (Wildman–Crippen LogP) is 0.708. The molecule has 0 saturated carbocycles. The zero-order chi connectivity index (χ0) is 15.3. The summed E-state index contributed by atoms with van der Waals surface area (Å²) in [6.07, 6.45) is 0.715. The van der Waals surface area contributed by atoms with Gasteiger partial charge in [0.05, 0.1) is 0 Å². The Bertz CT molecular complexity index is 572. The Morgan fingerprint density at radius 3 is 2.76 bits per heavy atom. The van der Waals surface area contributed by atoms with Gasteiger partial charge in [0, 0.05) is 32.7 Å². The van der Waals surface area contributed by atoms with Gasteiger partial charge in [0.1, 0.15) is 10.7 Å². The van der Waals surface area contributed by atoms with Gasteiger partial charge in [-0.2, -0.15) is 0 Å². The Hall–Kier alpha value is -1.02. The van der Waals surface area contributed by atoms with Crippen LogP contribution in [0.15, 0.2) is 23.1 Å². The lowest BCUT2D eigenvalue weighted by Crippen LogP contribution is -2.44. The third-order valence-corrected chi connectivity index (χ3v) is 5.01. The summed E-state index contributed by atoms with van der Waals surface area (Å²) < 4.78 is 40.3. The monoisotopic (exact) mass is 315 g/mol. The Balaban J connectivity index is 1.85. The molecule has 0 radical (unpaired) electrons. The Kier molecular flexibility index (Phi) is 5.69. The maximum Gasteiger partial charge on any atom is 0.243 e. The van der Waals surface area contributed by atoms with Crippen LogP contribution in [0.4, 0.5) is 4.39 Å². The minimum atomic E-state index is -3.77. The minimum Gasteiger partial charge on any atom is -0.314 e. The number of halogens is 1. The van der Waals surface area contributed by atoms with Crippen LogP contribution in [0.1, 0.15) is 12.0 Å². The molecule has 5 nitrogen and oxygen atoms in total. The van der Waals surface area contributed by atoms with Crippen LogP contribution in [0.3, 0.4) is 0 Å². The molecule has 7 heteroatoms. The van der Waals surface area contributed by atoms with E-state index < -0.39 is 15.8 Å².